The molecule has 1 N–H and O–H groups in total. The zero-order valence-corrected chi connectivity index (χ0v) is 13.2. The van der Waals surface area contributed by atoms with E-state index in [2.05, 4.69) is 25.6 Å². The van der Waals surface area contributed by atoms with Crippen LogP contribution in [0.2, 0.25) is 0 Å². The van der Waals surface area contributed by atoms with Crippen molar-refractivity contribution < 1.29 is 8.42 Å². The Kier molecular flexibility index (Phi) is 3.65. The van der Waals surface area contributed by atoms with E-state index in [4.69, 9.17) is 0 Å². The van der Waals surface area contributed by atoms with E-state index in [1.54, 1.807) is 54.9 Å². The van der Waals surface area contributed by atoms with Gasteiger partial charge in [0.2, 0.25) is 0 Å². The Morgan fingerprint density at radius 2 is 1.86 bits per heavy atom. The molecule has 1 heterocycles. The van der Waals surface area contributed by atoms with Gasteiger partial charge in [0.1, 0.15) is 0 Å². The molecule has 3 aromatic rings. The van der Waals surface area contributed by atoms with Crippen LogP contribution in [0.25, 0.3) is 10.8 Å². The smallest absolute Gasteiger partial charge is 0.261 e. The molecule has 0 amide bonds. The standard InChI is InChI=1S/C15H11BrN2O2S/c16-12-4-2-5-13(9-12)21(19,20)18-15-6-1-3-11-10-17-8-7-14(11)15/h1-10,18H. The van der Waals surface area contributed by atoms with Crippen molar-refractivity contribution in [2.24, 2.45) is 0 Å². The summed E-state index contributed by atoms with van der Waals surface area (Å²) in [5.41, 5.74) is 0.537. The van der Waals surface area contributed by atoms with Gasteiger partial charge in [0.25, 0.3) is 10.0 Å². The number of nitrogens with one attached hydrogen (secondary N) is 1. The normalized spacial score (nSPS) is 11.5. The number of benzene rings is 2. The molecule has 0 aliphatic rings. The minimum Gasteiger partial charge on any atom is -0.279 e. The number of hydrogen-bond donors (Lipinski definition) is 1. The van der Waals surface area contributed by atoms with E-state index in [1.165, 1.54) is 0 Å². The molecule has 1 aromatic heterocycles. The van der Waals surface area contributed by atoms with Gasteiger partial charge in [-0.05, 0) is 30.3 Å². The van der Waals surface area contributed by atoms with Crippen molar-refractivity contribution in [2.75, 3.05) is 4.72 Å². The fourth-order valence-corrected chi connectivity index (χ4v) is 3.73. The van der Waals surface area contributed by atoms with E-state index in [9.17, 15) is 8.42 Å². The molecule has 21 heavy (non-hydrogen) atoms. The monoisotopic (exact) mass is 362 g/mol. The van der Waals surface area contributed by atoms with E-state index in [0.717, 1.165) is 10.8 Å². The van der Waals surface area contributed by atoms with Crippen LogP contribution in [-0.2, 0) is 10.0 Å². The highest BCUT2D eigenvalue weighted by molar-refractivity contribution is 9.10. The summed E-state index contributed by atoms with van der Waals surface area (Å²) in [5, 5.41) is 1.69. The maximum absolute atomic E-state index is 12.4. The van der Waals surface area contributed by atoms with Crippen LogP contribution >= 0.6 is 15.9 Å². The molecule has 0 saturated heterocycles. The second-order valence-electron chi connectivity index (χ2n) is 4.47. The molecule has 6 heteroatoms. The lowest BCUT2D eigenvalue weighted by Crippen LogP contribution is -2.13. The van der Waals surface area contributed by atoms with Gasteiger partial charge in [-0.3, -0.25) is 9.71 Å². The highest BCUT2D eigenvalue weighted by Gasteiger charge is 2.15. The lowest BCUT2D eigenvalue weighted by Gasteiger charge is -2.10. The average Bonchev–Trinajstić information content (AvgIpc) is 2.47. The van der Waals surface area contributed by atoms with Gasteiger partial charge < -0.3 is 0 Å². The summed E-state index contributed by atoms with van der Waals surface area (Å²) in [5.74, 6) is 0. The molecular weight excluding hydrogens is 352 g/mol. The van der Waals surface area contributed by atoms with Crippen molar-refractivity contribution in [1.29, 1.82) is 0 Å². The molecule has 106 valence electrons. The Bertz CT molecular complexity index is 905. The average molecular weight is 363 g/mol. The third-order valence-corrected chi connectivity index (χ3v) is 4.89. The zero-order valence-electron chi connectivity index (χ0n) is 10.8. The fraction of sp³-hybridized carbons (Fsp3) is 0. The van der Waals surface area contributed by atoms with Gasteiger partial charge in [-0.2, -0.15) is 0 Å². The SMILES string of the molecule is O=S(=O)(Nc1cccc2cnccc12)c1cccc(Br)c1. The maximum atomic E-state index is 12.4. The lowest BCUT2D eigenvalue weighted by atomic mass is 10.1. The van der Waals surface area contributed by atoms with Crippen molar-refractivity contribution in [3.05, 3.63) is 65.4 Å². The summed E-state index contributed by atoms with van der Waals surface area (Å²) < 4.78 is 28.2. The lowest BCUT2D eigenvalue weighted by molar-refractivity contribution is 0.601. The Morgan fingerprint density at radius 3 is 2.67 bits per heavy atom. The molecular formula is C15H11BrN2O2S. The van der Waals surface area contributed by atoms with Crippen LogP contribution < -0.4 is 4.72 Å². The summed E-state index contributed by atoms with van der Waals surface area (Å²) in [6.45, 7) is 0. The number of hydrogen-bond acceptors (Lipinski definition) is 3. The first kappa shape index (κ1) is 14.0. The number of halogens is 1. The summed E-state index contributed by atoms with van der Waals surface area (Å²) in [4.78, 5) is 4.25. The van der Waals surface area contributed by atoms with Crippen molar-refractivity contribution in [2.45, 2.75) is 4.90 Å². The summed E-state index contributed by atoms with van der Waals surface area (Å²) >= 11 is 3.28. The van der Waals surface area contributed by atoms with Crippen LogP contribution in [0.15, 0.2) is 70.3 Å². The third-order valence-electron chi connectivity index (χ3n) is 3.03. The predicted molar refractivity (Wildman–Crippen MR) is 86.7 cm³/mol. The first-order chi connectivity index (χ1) is 10.1. The molecule has 0 aliphatic carbocycles. The molecule has 0 radical (unpaired) electrons. The molecule has 0 unspecified atom stereocenters. The number of aromatic nitrogens is 1. The van der Waals surface area contributed by atoms with Crippen LogP contribution in [0.3, 0.4) is 0 Å². The minimum atomic E-state index is -3.63. The van der Waals surface area contributed by atoms with E-state index in [1.807, 2.05) is 6.07 Å². The van der Waals surface area contributed by atoms with E-state index < -0.39 is 10.0 Å². The number of sulfonamides is 1. The molecule has 0 atom stereocenters. The predicted octanol–water partition coefficient (Wildman–Crippen LogP) is 3.80. The minimum absolute atomic E-state index is 0.211. The molecule has 4 nitrogen and oxygen atoms in total. The quantitative estimate of drug-likeness (QED) is 0.770. The second kappa shape index (κ2) is 5.46. The summed E-state index contributed by atoms with van der Waals surface area (Å²) in [6, 6.07) is 13.8. The molecule has 0 fully saturated rings. The van der Waals surface area contributed by atoms with Gasteiger partial charge in [0, 0.05) is 27.6 Å². The summed E-state index contributed by atoms with van der Waals surface area (Å²) in [6.07, 6.45) is 3.34. The van der Waals surface area contributed by atoms with Crippen LogP contribution in [0.1, 0.15) is 0 Å². The number of nitrogens with zero attached hydrogens (tertiary/aromatic N) is 1. The Morgan fingerprint density at radius 1 is 1.05 bits per heavy atom. The number of fused-ring (bicyclic) bond motifs is 1. The Balaban J connectivity index is 2.06. The molecule has 3 rings (SSSR count). The maximum Gasteiger partial charge on any atom is 0.261 e. The van der Waals surface area contributed by atoms with Gasteiger partial charge in [-0.25, -0.2) is 8.42 Å². The first-order valence-electron chi connectivity index (χ1n) is 6.17. The topological polar surface area (TPSA) is 59.1 Å². The second-order valence-corrected chi connectivity index (χ2v) is 7.06. The van der Waals surface area contributed by atoms with Crippen molar-refractivity contribution in [1.82, 2.24) is 4.98 Å². The van der Waals surface area contributed by atoms with Gasteiger partial charge in [-0.15, -0.1) is 0 Å². The van der Waals surface area contributed by atoms with Crippen LogP contribution in [0, 0.1) is 0 Å². The molecule has 0 bridgehead atoms. The van der Waals surface area contributed by atoms with Gasteiger partial charge in [0.15, 0.2) is 0 Å². The largest absolute Gasteiger partial charge is 0.279 e. The fourth-order valence-electron chi connectivity index (χ4n) is 2.05. The van der Waals surface area contributed by atoms with Crippen LogP contribution in [0.5, 0.6) is 0 Å². The van der Waals surface area contributed by atoms with Gasteiger partial charge in [0.05, 0.1) is 10.6 Å². The zero-order chi connectivity index (χ0) is 14.9. The van der Waals surface area contributed by atoms with Gasteiger partial charge in [-0.1, -0.05) is 34.1 Å². The van der Waals surface area contributed by atoms with Crippen molar-refractivity contribution >= 4 is 42.4 Å². The Hall–Kier alpha value is -1.92. The van der Waals surface area contributed by atoms with Crippen LogP contribution in [0.4, 0.5) is 5.69 Å². The van der Waals surface area contributed by atoms with E-state index in [0.29, 0.717) is 10.2 Å². The Labute approximate surface area is 131 Å². The third kappa shape index (κ3) is 2.91. The van der Waals surface area contributed by atoms with Gasteiger partial charge >= 0.3 is 0 Å². The highest BCUT2D eigenvalue weighted by atomic mass is 79.9. The van der Waals surface area contributed by atoms with Crippen molar-refractivity contribution in [3.8, 4) is 0 Å². The molecule has 0 aliphatic heterocycles. The number of pyridine rings is 1. The number of anilines is 1. The summed E-state index contributed by atoms with van der Waals surface area (Å²) in [7, 11) is -3.63. The van der Waals surface area contributed by atoms with Crippen LogP contribution in [-0.4, -0.2) is 13.4 Å². The van der Waals surface area contributed by atoms with E-state index in [-0.39, 0.29) is 4.90 Å². The number of rotatable bonds is 3. The van der Waals surface area contributed by atoms with Crippen molar-refractivity contribution in [3.63, 3.8) is 0 Å². The highest BCUT2D eigenvalue weighted by Crippen LogP contribution is 2.25. The molecule has 2 aromatic carbocycles. The van der Waals surface area contributed by atoms with E-state index >= 15 is 0 Å². The molecule has 0 spiro atoms. The first-order valence-corrected chi connectivity index (χ1v) is 8.45. The molecule has 0 saturated carbocycles.